The summed E-state index contributed by atoms with van der Waals surface area (Å²) in [6.45, 7) is 0.122. The maximum Gasteiger partial charge on any atom is 0.251 e. The summed E-state index contributed by atoms with van der Waals surface area (Å²) < 4.78 is 19.2. The molecular weight excluding hydrogens is 307 g/mol. The van der Waals surface area contributed by atoms with E-state index in [9.17, 15) is 9.18 Å². The fraction of sp³-hybridized carbons (Fsp3) is 0.0526. The quantitative estimate of drug-likeness (QED) is 0.774. The minimum absolute atomic E-state index is 0.122. The van der Waals surface area contributed by atoms with Crippen LogP contribution < -0.4 is 10.1 Å². The molecule has 5 heteroatoms. The number of rotatable bonds is 5. The van der Waals surface area contributed by atoms with Gasteiger partial charge in [-0.1, -0.05) is 30.3 Å². The minimum Gasteiger partial charge on any atom is -0.439 e. The van der Waals surface area contributed by atoms with Crippen LogP contribution in [0, 0.1) is 5.82 Å². The summed E-state index contributed by atoms with van der Waals surface area (Å²) in [5, 5.41) is 2.70. The van der Waals surface area contributed by atoms with E-state index in [1.54, 1.807) is 60.8 Å². The molecule has 1 amide bonds. The van der Waals surface area contributed by atoms with Crippen molar-refractivity contribution in [1.82, 2.24) is 10.3 Å². The number of carbonyl (C=O) groups is 1. The van der Waals surface area contributed by atoms with E-state index in [4.69, 9.17) is 4.74 Å². The molecule has 120 valence electrons. The van der Waals surface area contributed by atoms with Gasteiger partial charge >= 0.3 is 0 Å². The number of carbonyl (C=O) groups excluding carboxylic acids is 1. The van der Waals surface area contributed by atoms with E-state index in [1.807, 2.05) is 6.07 Å². The standard InChI is InChI=1S/C19H15FN2O2/c20-17-9-2-1-6-15(17)13-22-19(23)14-7-5-8-16(12-14)24-18-10-3-4-11-21-18/h1-12H,13H2,(H,22,23). The van der Waals surface area contributed by atoms with E-state index in [1.165, 1.54) is 6.07 Å². The van der Waals surface area contributed by atoms with Crippen molar-refractivity contribution >= 4 is 5.91 Å². The van der Waals surface area contributed by atoms with Crippen molar-refractivity contribution in [2.75, 3.05) is 0 Å². The number of halogens is 1. The Morgan fingerprint density at radius 3 is 2.67 bits per heavy atom. The van der Waals surface area contributed by atoms with Crippen LogP contribution in [-0.2, 0) is 6.54 Å². The van der Waals surface area contributed by atoms with Crippen molar-refractivity contribution in [1.29, 1.82) is 0 Å². The van der Waals surface area contributed by atoms with Gasteiger partial charge < -0.3 is 10.1 Å². The average molecular weight is 322 g/mol. The van der Waals surface area contributed by atoms with E-state index < -0.39 is 0 Å². The van der Waals surface area contributed by atoms with Gasteiger partial charge in [0.1, 0.15) is 11.6 Å². The Bertz CT molecular complexity index is 838. The molecule has 0 aliphatic heterocycles. The van der Waals surface area contributed by atoms with E-state index in [0.717, 1.165) is 0 Å². The van der Waals surface area contributed by atoms with Crippen molar-refractivity contribution < 1.29 is 13.9 Å². The summed E-state index contributed by atoms with van der Waals surface area (Å²) in [6.07, 6.45) is 1.63. The lowest BCUT2D eigenvalue weighted by atomic mass is 10.1. The zero-order chi connectivity index (χ0) is 16.8. The molecule has 1 N–H and O–H groups in total. The first-order chi connectivity index (χ1) is 11.7. The Kier molecular flexibility index (Phi) is 4.81. The predicted molar refractivity (Wildman–Crippen MR) is 88.3 cm³/mol. The lowest BCUT2D eigenvalue weighted by Gasteiger charge is -2.08. The third-order valence-electron chi connectivity index (χ3n) is 3.35. The highest BCUT2D eigenvalue weighted by molar-refractivity contribution is 5.94. The van der Waals surface area contributed by atoms with Crippen molar-refractivity contribution in [2.24, 2.45) is 0 Å². The van der Waals surface area contributed by atoms with Gasteiger partial charge in [-0.3, -0.25) is 4.79 Å². The number of nitrogens with zero attached hydrogens (tertiary/aromatic N) is 1. The molecule has 1 heterocycles. The molecule has 0 unspecified atom stereocenters. The van der Waals surface area contributed by atoms with Gasteiger partial charge in [-0.05, 0) is 30.3 Å². The van der Waals surface area contributed by atoms with Crippen LogP contribution in [0.5, 0.6) is 11.6 Å². The molecule has 0 spiro atoms. The Hall–Kier alpha value is -3.21. The summed E-state index contributed by atoms with van der Waals surface area (Å²) >= 11 is 0. The normalized spacial score (nSPS) is 10.2. The van der Waals surface area contributed by atoms with Crippen LogP contribution in [0.4, 0.5) is 4.39 Å². The number of hydrogen-bond donors (Lipinski definition) is 1. The third kappa shape index (κ3) is 3.95. The SMILES string of the molecule is O=C(NCc1ccccc1F)c1cccc(Oc2ccccn2)c1. The highest BCUT2D eigenvalue weighted by atomic mass is 19.1. The molecule has 0 aliphatic carbocycles. The van der Waals surface area contributed by atoms with Crippen molar-refractivity contribution in [3.05, 3.63) is 89.9 Å². The first-order valence-corrected chi connectivity index (χ1v) is 7.43. The molecule has 0 saturated carbocycles. The van der Waals surface area contributed by atoms with Crippen LogP contribution in [0.1, 0.15) is 15.9 Å². The first-order valence-electron chi connectivity index (χ1n) is 7.43. The Morgan fingerprint density at radius 2 is 1.88 bits per heavy atom. The van der Waals surface area contributed by atoms with E-state index in [2.05, 4.69) is 10.3 Å². The molecular formula is C19H15FN2O2. The molecule has 0 aliphatic rings. The summed E-state index contributed by atoms with van der Waals surface area (Å²) in [6, 6.07) is 18.4. The second-order valence-corrected chi connectivity index (χ2v) is 5.07. The Balaban J connectivity index is 1.67. The zero-order valence-electron chi connectivity index (χ0n) is 12.8. The summed E-state index contributed by atoms with van der Waals surface area (Å²) in [5.74, 6) is 0.309. The number of pyridine rings is 1. The summed E-state index contributed by atoms with van der Waals surface area (Å²) in [7, 11) is 0. The molecule has 1 aromatic heterocycles. The first kappa shape index (κ1) is 15.7. The van der Waals surface area contributed by atoms with E-state index in [-0.39, 0.29) is 18.3 Å². The zero-order valence-corrected chi connectivity index (χ0v) is 12.8. The molecule has 0 fully saturated rings. The number of aromatic nitrogens is 1. The molecule has 4 nitrogen and oxygen atoms in total. The second-order valence-electron chi connectivity index (χ2n) is 5.07. The molecule has 0 bridgehead atoms. The fourth-order valence-electron chi connectivity index (χ4n) is 2.15. The largest absolute Gasteiger partial charge is 0.439 e. The predicted octanol–water partition coefficient (Wildman–Crippen LogP) is 3.94. The van der Waals surface area contributed by atoms with Crippen molar-refractivity contribution in [3.63, 3.8) is 0 Å². The van der Waals surface area contributed by atoms with Crippen LogP contribution in [0.3, 0.4) is 0 Å². The summed E-state index contributed by atoms with van der Waals surface area (Å²) in [5.41, 5.74) is 0.867. The molecule has 24 heavy (non-hydrogen) atoms. The number of amides is 1. The maximum absolute atomic E-state index is 13.6. The topological polar surface area (TPSA) is 51.2 Å². The molecule has 0 saturated heterocycles. The van der Waals surface area contributed by atoms with Gasteiger partial charge in [0, 0.05) is 29.9 Å². The van der Waals surface area contributed by atoms with E-state index in [0.29, 0.717) is 22.8 Å². The number of benzene rings is 2. The van der Waals surface area contributed by atoms with Gasteiger partial charge in [0.15, 0.2) is 0 Å². The number of nitrogens with one attached hydrogen (secondary N) is 1. The Morgan fingerprint density at radius 1 is 1.04 bits per heavy atom. The van der Waals surface area contributed by atoms with Crippen LogP contribution >= 0.6 is 0 Å². The smallest absolute Gasteiger partial charge is 0.251 e. The molecule has 3 rings (SSSR count). The third-order valence-corrected chi connectivity index (χ3v) is 3.35. The van der Waals surface area contributed by atoms with Gasteiger partial charge in [0.25, 0.3) is 5.91 Å². The molecule has 0 atom stereocenters. The number of hydrogen-bond acceptors (Lipinski definition) is 3. The lowest BCUT2D eigenvalue weighted by molar-refractivity contribution is 0.0950. The van der Waals surface area contributed by atoms with E-state index >= 15 is 0 Å². The monoisotopic (exact) mass is 322 g/mol. The summed E-state index contributed by atoms with van der Waals surface area (Å²) in [4.78, 5) is 16.3. The van der Waals surface area contributed by atoms with Gasteiger partial charge in [-0.25, -0.2) is 9.37 Å². The van der Waals surface area contributed by atoms with Gasteiger partial charge in [-0.15, -0.1) is 0 Å². The molecule has 3 aromatic rings. The highest BCUT2D eigenvalue weighted by Gasteiger charge is 2.09. The van der Waals surface area contributed by atoms with Gasteiger partial charge in [-0.2, -0.15) is 0 Å². The number of ether oxygens (including phenoxy) is 1. The van der Waals surface area contributed by atoms with Gasteiger partial charge in [0.05, 0.1) is 0 Å². The van der Waals surface area contributed by atoms with Gasteiger partial charge in [0.2, 0.25) is 5.88 Å². The molecule has 2 aromatic carbocycles. The maximum atomic E-state index is 13.6. The van der Waals surface area contributed by atoms with Crippen LogP contribution in [-0.4, -0.2) is 10.9 Å². The van der Waals surface area contributed by atoms with Crippen LogP contribution in [0.25, 0.3) is 0 Å². The fourth-order valence-corrected chi connectivity index (χ4v) is 2.15. The molecule has 0 radical (unpaired) electrons. The Labute approximate surface area is 138 Å². The second kappa shape index (κ2) is 7.37. The van der Waals surface area contributed by atoms with Crippen LogP contribution in [0.2, 0.25) is 0 Å². The lowest BCUT2D eigenvalue weighted by Crippen LogP contribution is -2.23. The van der Waals surface area contributed by atoms with Crippen molar-refractivity contribution in [3.8, 4) is 11.6 Å². The average Bonchev–Trinajstić information content (AvgIpc) is 2.62. The van der Waals surface area contributed by atoms with Crippen molar-refractivity contribution in [2.45, 2.75) is 6.54 Å². The highest BCUT2D eigenvalue weighted by Crippen LogP contribution is 2.20. The minimum atomic E-state index is -0.343. The van der Waals surface area contributed by atoms with Crippen LogP contribution in [0.15, 0.2) is 72.9 Å².